The lowest BCUT2D eigenvalue weighted by atomic mass is 9.72. The van der Waals surface area contributed by atoms with Crippen molar-refractivity contribution >= 4 is 5.78 Å². The molecular weight excluding hydrogens is 256 g/mol. The summed E-state index contributed by atoms with van der Waals surface area (Å²) in [5, 5.41) is 0. The quantitative estimate of drug-likeness (QED) is 0.554. The standard InChI is InChI=1S/C16H26O4/c1-16-12(7-11-8-13(17)9-14(11)16)3-4-15(16)20-10-19-6-5-18-2/h11-12,14-15H,3-10H2,1-2H3. The van der Waals surface area contributed by atoms with Gasteiger partial charge in [-0.25, -0.2) is 0 Å². The van der Waals surface area contributed by atoms with Crippen LogP contribution >= 0.6 is 0 Å². The molecule has 3 saturated carbocycles. The number of hydrogen-bond acceptors (Lipinski definition) is 4. The fraction of sp³-hybridized carbons (Fsp3) is 0.938. The summed E-state index contributed by atoms with van der Waals surface area (Å²) in [7, 11) is 1.67. The van der Waals surface area contributed by atoms with E-state index in [0.29, 0.717) is 37.6 Å². The predicted octanol–water partition coefficient (Wildman–Crippen LogP) is 2.41. The Hall–Kier alpha value is -0.450. The van der Waals surface area contributed by atoms with Gasteiger partial charge in [-0.1, -0.05) is 6.92 Å². The second-order valence-electron chi connectivity index (χ2n) is 6.86. The molecule has 4 heteroatoms. The molecule has 3 aliphatic rings. The summed E-state index contributed by atoms with van der Waals surface area (Å²) < 4.78 is 16.4. The van der Waals surface area contributed by atoms with E-state index in [1.165, 1.54) is 12.8 Å². The zero-order valence-electron chi connectivity index (χ0n) is 12.6. The Morgan fingerprint density at radius 3 is 2.90 bits per heavy atom. The van der Waals surface area contributed by atoms with E-state index in [1.54, 1.807) is 7.11 Å². The van der Waals surface area contributed by atoms with Crippen molar-refractivity contribution in [2.24, 2.45) is 23.2 Å². The first-order valence-electron chi connectivity index (χ1n) is 7.86. The van der Waals surface area contributed by atoms with Gasteiger partial charge >= 0.3 is 0 Å². The van der Waals surface area contributed by atoms with Crippen molar-refractivity contribution in [3.63, 3.8) is 0 Å². The number of carbonyl (C=O) groups is 1. The van der Waals surface area contributed by atoms with Gasteiger partial charge < -0.3 is 14.2 Å². The Kier molecular flexibility index (Phi) is 4.16. The van der Waals surface area contributed by atoms with Crippen LogP contribution in [0.5, 0.6) is 0 Å². The average molecular weight is 282 g/mol. The van der Waals surface area contributed by atoms with Gasteiger partial charge in [-0.05, 0) is 37.0 Å². The molecule has 3 aliphatic carbocycles. The molecule has 3 fully saturated rings. The monoisotopic (exact) mass is 282 g/mol. The molecule has 0 N–H and O–H groups in total. The first kappa shape index (κ1) is 14.5. The highest BCUT2D eigenvalue weighted by molar-refractivity contribution is 5.81. The van der Waals surface area contributed by atoms with E-state index in [2.05, 4.69) is 6.92 Å². The highest BCUT2D eigenvalue weighted by Crippen LogP contribution is 2.64. The number of methoxy groups -OCH3 is 1. The first-order chi connectivity index (χ1) is 9.66. The molecule has 0 amide bonds. The number of hydrogen-bond donors (Lipinski definition) is 0. The molecule has 0 aromatic rings. The molecule has 114 valence electrons. The zero-order valence-corrected chi connectivity index (χ0v) is 12.6. The van der Waals surface area contributed by atoms with Crippen LogP contribution < -0.4 is 0 Å². The third kappa shape index (κ3) is 2.32. The van der Waals surface area contributed by atoms with Crippen LogP contribution in [0.4, 0.5) is 0 Å². The highest BCUT2D eigenvalue weighted by atomic mass is 16.7. The number of rotatable bonds is 6. The maximum absolute atomic E-state index is 11.7. The lowest BCUT2D eigenvalue weighted by Crippen LogP contribution is -2.38. The number of Topliss-reactive ketones (excluding diaryl/α,β-unsaturated/α-hetero) is 1. The molecular formula is C16H26O4. The minimum absolute atomic E-state index is 0.196. The van der Waals surface area contributed by atoms with Crippen LogP contribution in [0.15, 0.2) is 0 Å². The largest absolute Gasteiger partial charge is 0.382 e. The number of fused-ring (bicyclic) bond motifs is 3. The van der Waals surface area contributed by atoms with Crippen LogP contribution in [0.1, 0.15) is 39.0 Å². The van der Waals surface area contributed by atoms with Gasteiger partial charge in [0.25, 0.3) is 0 Å². The van der Waals surface area contributed by atoms with Crippen molar-refractivity contribution in [3.05, 3.63) is 0 Å². The Bertz CT molecular complexity index is 369. The lowest BCUT2D eigenvalue weighted by molar-refractivity contribution is -0.136. The minimum atomic E-state index is 0.196. The Morgan fingerprint density at radius 2 is 2.10 bits per heavy atom. The molecule has 5 atom stereocenters. The van der Waals surface area contributed by atoms with E-state index >= 15 is 0 Å². The van der Waals surface area contributed by atoms with Crippen LogP contribution in [0.25, 0.3) is 0 Å². The fourth-order valence-corrected chi connectivity index (χ4v) is 5.02. The molecule has 0 bridgehead atoms. The number of ether oxygens (including phenoxy) is 3. The number of ketones is 1. The van der Waals surface area contributed by atoms with E-state index in [1.807, 2.05) is 0 Å². The average Bonchev–Trinajstić information content (AvgIpc) is 3.00. The van der Waals surface area contributed by atoms with Crippen LogP contribution in [0.2, 0.25) is 0 Å². The third-order valence-corrected chi connectivity index (χ3v) is 6.03. The van der Waals surface area contributed by atoms with Gasteiger partial charge in [-0.3, -0.25) is 4.79 Å². The van der Waals surface area contributed by atoms with E-state index in [9.17, 15) is 4.79 Å². The van der Waals surface area contributed by atoms with Gasteiger partial charge in [0.15, 0.2) is 0 Å². The first-order valence-corrected chi connectivity index (χ1v) is 7.86. The smallest absolute Gasteiger partial charge is 0.147 e. The van der Waals surface area contributed by atoms with Gasteiger partial charge in [0.2, 0.25) is 0 Å². The second kappa shape index (κ2) is 5.74. The molecule has 0 aromatic heterocycles. The molecule has 5 unspecified atom stereocenters. The molecule has 4 nitrogen and oxygen atoms in total. The van der Waals surface area contributed by atoms with Crippen LogP contribution in [-0.2, 0) is 19.0 Å². The van der Waals surface area contributed by atoms with Crippen molar-refractivity contribution in [1.29, 1.82) is 0 Å². The molecule has 3 rings (SSSR count). The van der Waals surface area contributed by atoms with Crippen molar-refractivity contribution < 1.29 is 19.0 Å². The molecule has 20 heavy (non-hydrogen) atoms. The summed E-state index contributed by atoms with van der Waals surface area (Å²) in [6, 6.07) is 0. The van der Waals surface area contributed by atoms with Gasteiger partial charge in [0.05, 0.1) is 19.3 Å². The van der Waals surface area contributed by atoms with Crippen molar-refractivity contribution in [2.75, 3.05) is 27.1 Å². The topological polar surface area (TPSA) is 44.8 Å². The fourth-order valence-electron chi connectivity index (χ4n) is 5.02. The molecule has 0 heterocycles. The summed E-state index contributed by atoms with van der Waals surface area (Å²) in [4.78, 5) is 11.7. The van der Waals surface area contributed by atoms with Crippen LogP contribution in [-0.4, -0.2) is 39.0 Å². The van der Waals surface area contributed by atoms with Crippen molar-refractivity contribution in [3.8, 4) is 0 Å². The minimum Gasteiger partial charge on any atom is -0.382 e. The van der Waals surface area contributed by atoms with E-state index in [4.69, 9.17) is 14.2 Å². The third-order valence-electron chi connectivity index (χ3n) is 6.03. The lowest BCUT2D eigenvalue weighted by Gasteiger charge is -2.36. The van der Waals surface area contributed by atoms with Crippen molar-refractivity contribution in [1.82, 2.24) is 0 Å². The molecule has 0 aromatic carbocycles. The van der Waals surface area contributed by atoms with Gasteiger partial charge in [0, 0.05) is 25.4 Å². The summed E-state index contributed by atoms with van der Waals surface area (Å²) in [5.74, 6) is 2.38. The van der Waals surface area contributed by atoms with Crippen LogP contribution in [0.3, 0.4) is 0 Å². The Balaban J connectivity index is 1.58. The Labute approximate surface area is 121 Å². The maximum atomic E-state index is 11.7. The summed E-state index contributed by atoms with van der Waals surface area (Å²) in [6.07, 6.45) is 5.45. The Morgan fingerprint density at radius 1 is 1.25 bits per heavy atom. The zero-order chi connectivity index (χ0) is 14.2. The summed E-state index contributed by atoms with van der Waals surface area (Å²) >= 11 is 0. The molecule has 0 spiro atoms. The van der Waals surface area contributed by atoms with Crippen LogP contribution in [0, 0.1) is 23.2 Å². The normalized spacial score (nSPS) is 43.0. The molecule has 0 aliphatic heterocycles. The van der Waals surface area contributed by atoms with E-state index in [-0.39, 0.29) is 11.5 Å². The van der Waals surface area contributed by atoms with Gasteiger partial charge in [-0.2, -0.15) is 0 Å². The second-order valence-corrected chi connectivity index (χ2v) is 6.86. The van der Waals surface area contributed by atoms with Gasteiger partial charge in [0.1, 0.15) is 12.6 Å². The predicted molar refractivity (Wildman–Crippen MR) is 74.2 cm³/mol. The summed E-state index contributed by atoms with van der Waals surface area (Å²) in [5.41, 5.74) is 0.196. The molecule has 0 saturated heterocycles. The van der Waals surface area contributed by atoms with E-state index < -0.39 is 0 Å². The SMILES string of the molecule is COCCOCOC1CCC2CC3CC(=O)CC3C21C. The summed E-state index contributed by atoms with van der Waals surface area (Å²) in [6.45, 7) is 3.89. The number of carbonyl (C=O) groups excluding carboxylic acids is 1. The van der Waals surface area contributed by atoms with E-state index in [0.717, 1.165) is 25.2 Å². The molecule has 0 radical (unpaired) electrons. The van der Waals surface area contributed by atoms with Gasteiger partial charge in [-0.15, -0.1) is 0 Å². The van der Waals surface area contributed by atoms with Crippen molar-refractivity contribution in [2.45, 2.75) is 45.1 Å². The maximum Gasteiger partial charge on any atom is 0.147 e. The highest BCUT2D eigenvalue weighted by Gasteiger charge is 2.61.